The molecule has 14 heavy (non-hydrogen) atoms. The first-order valence-electron chi connectivity index (χ1n) is 4.24. The number of carbonyl (C=O) groups excluding carboxylic acids is 1. The number of hydrogen-bond donors (Lipinski definition) is 0. The van der Waals surface area contributed by atoms with Crippen LogP contribution in [0.2, 0.25) is 0 Å². The SMILES string of the molecule is CC=COc1ccc(C(=O)OC)cc1. The van der Waals surface area contributed by atoms with Crippen molar-refractivity contribution >= 4 is 5.97 Å². The summed E-state index contributed by atoms with van der Waals surface area (Å²) in [6.45, 7) is 1.86. The van der Waals surface area contributed by atoms with Crippen molar-refractivity contribution in [2.45, 2.75) is 6.92 Å². The van der Waals surface area contributed by atoms with Crippen molar-refractivity contribution in [1.29, 1.82) is 0 Å². The van der Waals surface area contributed by atoms with Gasteiger partial charge in [-0.05, 0) is 31.2 Å². The van der Waals surface area contributed by atoms with Crippen LogP contribution in [-0.4, -0.2) is 13.1 Å². The standard InChI is InChI=1S/C11H12O3/c1-3-8-14-10-6-4-9(5-7-10)11(12)13-2/h3-8H,1-2H3. The molecule has 1 rings (SSSR count). The van der Waals surface area contributed by atoms with Crippen LogP contribution >= 0.6 is 0 Å². The molecule has 0 saturated carbocycles. The van der Waals surface area contributed by atoms with Crippen LogP contribution in [0.3, 0.4) is 0 Å². The van der Waals surface area contributed by atoms with Gasteiger partial charge in [0.15, 0.2) is 0 Å². The molecule has 1 aromatic rings. The smallest absolute Gasteiger partial charge is 0.337 e. The quantitative estimate of drug-likeness (QED) is 0.545. The van der Waals surface area contributed by atoms with Gasteiger partial charge < -0.3 is 9.47 Å². The third-order valence-corrected chi connectivity index (χ3v) is 1.62. The highest BCUT2D eigenvalue weighted by molar-refractivity contribution is 5.89. The Bertz CT molecular complexity index is 325. The van der Waals surface area contributed by atoms with Gasteiger partial charge >= 0.3 is 5.97 Å². The summed E-state index contributed by atoms with van der Waals surface area (Å²) in [7, 11) is 1.35. The number of carbonyl (C=O) groups is 1. The molecule has 1 aromatic carbocycles. The second-order valence-corrected chi connectivity index (χ2v) is 2.60. The first kappa shape index (κ1) is 10.3. The lowest BCUT2D eigenvalue weighted by Gasteiger charge is -2.01. The molecule has 0 aliphatic heterocycles. The fourth-order valence-electron chi connectivity index (χ4n) is 0.934. The monoisotopic (exact) mass is 192 g/mol. The highest BCUT2D eigenvalue weighted by Crippen LogP contribution is 2.12. The van der Waals surface area contributed by atoms with E-state index < -0.39 is 0 Å². The third kappa shape index (κ3) is 2.62. The molecule has 0 aliphatic carbocycles. The van der Waals surface area contributed by atoms with Crippen LogP contribution in [0.1, 0.15) is 17.3 Å². The third-order valence-electron chi connectivity index (χ3n) is 1.62. The number of esters is 1. The molecule has 0 atom stereocenters. The van der Waals surface area contributed by atoms with Crippen molar-refractivity contribution < 1.29 is 14.3 Å². The summed E-state index contributed by atoms with van der Waals surface area (Å²) in [5.74, 6) is 0.346. The van der Waals surface area contributed by atoms with Gasteiger partial charge in [-0.25, -0.2) is 4.79 Å². The molecule has 0 heterocycles. The first-order chi connectivity index (χ1) is 6.77. The largest absolute Gasteiger partial charge is 0.465 e. The fourth-order valence-corrected chi connectivity index (χ4v) is 0.934. The molecule has 0 radical (unpaired) electrons. The predicted molar refractivity (Wildman–Crippen MR) is 53.2 cm³/mol. The van der Waals surface area contributed by atoms with Crippen LogP contribution in [0.25, 0.3) is 0 Å². The second-order valence-electron chi connectivity index (χ2n) is 2.60. The summed E-state index contributed by atoms with van der Waals surface area (Å²) in [5, 5.41) is 0. The van der Waals surface area contributed by atoms with Gasteiger partial charge in [-0.2, -0.15) is 0 Å². The minimum Gasteiger partial charge on any atom is -0.465 e. The molecule has 0 spiro atoms. The van der Waals surface area contributed by atoms with E-state index in [1.807, 2.05) is 6.92 Å². The molecule has 74 valence electrons. The predicted octanol–water partition coefficient (Wildman–Crippen LogP) is 2.39. The molecule has 0 amide bonds. The number of rotatable bonds is 3. The molecule has 0 aromatic heterocycles. The minimum absolute atomic E-state index is 0.345. The summed E-state index contributed by atoms with van der Waals surface area (Å²) in [5.41, 5.74) is 0.514. The molecule has 0 fully saturated rings. The molecule has 0 N–H and O–H groups in total. The molecule has 0 unspecified atom stereocenters. The van der Waals surface area contributed by atoms with E-state index in [4.69, 9.17) is 4.74 Å². The normalized spacial score (nSPS) is 10.1. The molecule has 3 heteroatoms. The van der Waals surface area contributed by atoms with Crippen LogP contribution in [0, 0.1) is 0 Å². The van der Waals surface area contributed by atoms with E-state index in [1.54, 1.807) is 36.6 Å². The number of ether oxygens (including phenoxy) is 2. The molecular formula is C11H12O3. The average Bonchev–Trinajstić information content (AvgIpc) is 2.26. The van der Waals surface area contributed by atoms with Gasteiger partial charge in [-0.1, -0.05) is 6.08 Å². The van der Waals surface area contributed by atoms with E-state index in [0.29, 0.717) is 11.3 Å². The Morgan fingerprint density at radius 1 is 1.29 bits per heavy atom. The van der Waals surface area contributed by atoms with Gasteiger partial charge in [0.2, 0.25) is 0 Å². The van der Waals surface area contributed by atoms with Gasteiger partial charge in [0.05, 0.1) is 18.9 Å². The van der Waals surface area contributed by atoms with E-state index >= 15 is 0 Å². The second kappa shape index (κ2) is 5.07. The maximum absolute atomic E-state index is 11.1. The molecule has 0 bridgehead atoms. The summed E-state index contributed by atoms with van der Waals surface area (Å²) >= 11 is 0. The Morgan fingerprint density at radius 2 is 1.93 bits per heavy atom. The van der Waals surface area contributed by atoms with Gasteiger partial charge in [-0.3, -0.25) is 0 Å². The average molecular weight is 192 g/mol. The first-order valence-corrected chi connectivity index (χ1v) is 4.24. The van der Waals surface area contributed by atoms with E-state index in [2.05, 4.69) is 4.74 Å². The van der Waals surface area contributed by atoms with E-state index in [-0.39, 0.29) is 5.97 Å². The van der Waals surface area contributed by atoms with Crippen LogP contribution in [0.15, 0.2) is 36.6 Å². The van der Waals surface area contributed by atoms with Crippen LogP contribution in [0.4, 0.5) is 0 Å². The maximum Gasteiger partial charge on any atom is 0.337 e. The molecule has 0 saturated heterocycles. The van der Waals surface area contributed by atoms with Crippen LogP contribution in [-0.2, 0) is 4.74 Å². The lowest BCUT2D eigenvalue weighted by atomic mass is 10.2. The van der Waals surface area contributed by atoms with Gasteiger partial charge in [0.25, 0.3) is 0 Å². The van der Waals surface area contributed by atoms with Crippen molar-refractivity contribution in [3.05, 3.63) is 42.2 Å². The van der Waals surface area contributed by atoms with E-state index in [1.165, 1.54) is 7.11 Å². The molecule has 0 aliphatic rings. The lowest BCUT2D eigenvalue weighted by molar-refractivity contribution is 0.0600. The Labute approximate surface area is 83.0 Å². The van der Waals surface area contributed by atoms with Crippen LogP contribution < -0.4 is 4.74 Å². The van der Waals surface area contributed by atoms with Gasteiger partial charge in [-0.15, -0.1) is 0 Å². The van der Waals surface area contributed by atoms with Gasteiger partial charge in [0, 0.05) is 0 Å². The fraction of sp³-hybridized carbons (Fsp3) is 0.182. The molecule has 3 nitrogen and oxygen atoms in total. The Balaban J connectivity index is 2.73. The van der Waals surface area contributed by atoms with Crippen molar-refractivity contribution in [2.24, 2.45) is 0 Å². The zero-order valence-electron chi connectivity index (χ0n) is 8.19. The number of allylic oxidation sites excluding steroid dienone is 1. The Hall–Kier alpha value is -1.77. The van der Waals surface area contributed by atoms with E-state index in [9.17, 15) is 4.79 Å². The summed E-state index contributed by atoms with van der Waals surface area (Å²) in [6.07, 6.45) is 3.36. The topological polar surface area (TPSA) is 35.5 Å². The highest BCUT2D eigenvalue weighted by Gasteiger charge is 2.03. The summed E-state index contributed by atoms with van der Waals surface area (Å²) in [4.78, 5) is 11.1. The maximum atomic E-state index is 11.1. The van der Waals surface area contributed by atoms with Gasteiger partial charge in [0.1, 0.15) is 5.75 Å². The zero-order valence-corrected chi connectivity index (χ0v) is 8.19. The van der Waals surface area contributed by atoms with Crippen molar-refractivity contribution in [2.75, 3.05) is 7.11 Å². The van der Waals surface area contributed by atoms with E-state index in [0.717, 1.165) is 0 Å². The minimum atomic E-state index is -0.345. The lowest BCUT2D eigenvalue weighted by Crippen LogP contribution is -2.00. The summed E-state index contributed by atoms with van der Waals surface area (Å²) in [6, 6.07) is 6.74. The number of hydrogen-bond acceptors (Lipinski definition) is 3. The summed E-state index contributed by atoms with van der Waals surface area (Å²) < 4.78 is 9.75. The molecular weight excluding hydrogens is 180 g/mol. The number of methoxy groups -OCH3 is 1. The van der Waals surface area contributed by atoms with Crippen molar-refractivity contribution in [3.8, 4) is 5.75 Å². The highest BCUT2D eigenvalue weighted by atomic mass is 16.5. The zero-order chi connectivity index (χ0) is 10.4. The van der Waals surface area contributed by atoms with Crippen LogP contribution in [0.5, 0.6) is 5.75 Å². The van der Waals surface area contributed by atoms with Crippen molar-refractivity contribution in [1.82, 2.24) is 0 Å². The van der Waals surface area contributed by atoms with Crippen molar-refractivity contribution in [3.63, 3.8) is 0 Å². The Morgan fingerprint density at radius 3 is 2.43 bits per heavy atom. The Kier molecular flexibility index (Phi) is 3.73. The number of benzene rings is 1.